The first-order valence-electron chi connectivity index (χ1n) is 5.70. The lowest BCUT2D eigenvalue weighted by molar-refractivity contribution is 0.0101. The number of ether oxygens (including phenoxy) is 1. The number of hydrogen-bond acceptors (Lipinski definition) is 2. The van der Waals surface area contributed by atoms with E-state index in [4.69, 9.17) is 10.5 Å². The molecule has 0 saturated carbocycles. The fraction of sp³-hybridized carbons (Fsp3) is 0.571. The Morgan fingerprint density at radius 1 is 1.00 bits per heavy atom. The molecule has 2 heteroatoms. The van der Waals surface area contributed by atoms with Gasteiger partial charge in [-0.05, 0) is 23.5 Å². The molecular weight excluding hydrogens is 198 g/mol. The standard InChI is InChI=1S/C14H23NO/c1-13(2,3)11-6-8-12(9-7-11)14(4,10-15)16-5/h6-9H,10,15H2,1-5H3. The monoisotopic (exact) mass is 221 g/mol. The molecule has 2 nitrogen and oxygen atoms in total. The summed E-state index contributed by atoms with van der Waals surface area (Å²) in [6, 6.07) is 8.53. The Balaban J connectivity index is 3.04. The van der Waals surface area contributed by atoms with Crippen LogP contribution < -0.4 is 5.73 Å². The summed E-state index contributed by atoms with van der Waals surface area (Å²) < 4.78 is 5.47. The highest BCUT2D eigenvalue weighted by atomic mass is 16.5. The molecule has 1 unspecified atom stereocenters. The summed E-state index contributed by atoms with van der Waals surface area (Å²) in [5.74, 6) is 0. The van der Waals surface area contributed by atoms with Gasteiger partial charge in [0, 0.05) is 13.7 Å². The Labute approximate surface area is 98.8 Å². The molecule has 0 radical (unpaired) electrons. The van der Waals surface area contributed by atoms with E-state index in [1.165, 1.54) is 5.56 Å². The predicted octanol–water partition coefficient (Wildman–Crippen LogP) is 2.80. The molecule has 0 saturated heterocycles. The summed E-state index contributed by atoms with van der Waals surface area (Å²) >= 11 is 0. The van der Waals surface area contributed by atoms with Crippen LogP contribution in [0.25, 0.3) is 0 Å². The third kappa shape index (κ3) is 2.63. The minimum absolute atomic E-state index is 0.185. The van der Waals surface area contributed by atoms with E-state index in [-0.39, 0.29) is 11.0 Å². The number of rotatable bonds is 3. The zero-order chi connectivity index (χ0) is 12.4. The Hall–Kier alpha value is -0.860. The predicted molar refractivity (Wildman–Crippen MR) is 68.6 cm³/mol. The molecule has 1 rings (SSSR count). The van der Waals surface area contributed by atoms with Crippen molar-refractivity contribution in [3.05, 3.63) is 35.4 Å². The molecule has 90 valence electrons. The fourth-order valence-electron chi connectivity index (χ4n) is 1.64. The van der Waals surface area contributed by atoms with Crippen molar-refractivity contribution in [2.24, 2.45) is 5.73 Å². The minimum atomic E-state index is -0.379. The number of nitrogens with two attached hydrogens (primary N) is 1. The lowest BCUT2D eigenvalue weighted by atomic mass is 9.85. The summed E-state index contributed by atoms with van der Waals surface area (Å²) in [5, 5.41) is 0. The minimum Gasteiger partial charge on any atom is -0.372 e. The summed E-state index contributed by atoms with van der Waals surface area (Å²) in [5.41, 5.74) is 8.01. The first-order chi connectivity index (χ1) is 7.33. The number of methoxy groups -OCH3 is 1. The van der Waals surface area contributed by atoms with E-state index in [0.29, 0.717) is 6.54 Å². The Bertz CT molecular complexity index is 331. The van der Waals surface area contributed by atoms with Gasteiger partial charge in [0.1, 0.15) is 5.60 Å². The highest BCUT2D eigenvalue weighted by Gasteiger charge is 2.24. The van der Waals surface area contributed by atoms with Gasteiger partial charge in [0.25, 0.3) is 0 Å². The van der Waals surface area contributed by atoms with Gasteiger partial charge in [-0.3, -0.25) is 0 Å². The van der Waals surface area contributed by atoms with Crippen LogP contribution in [0, 0.1) is 0 Å². The largest absolute Gasteiger partial charge is 0.372 e. The second kappa shape index (κ2) is 4.56. The SMILES string of the molecule is COC(C)(CN)c1ccc(C(C)(C)C)cc1. The molecule has 2 N–H and O–H groups in total. The molecule has 0 aliphatic carbocycles. The van der Waals surface area contributed by atoms with Gasteiger partial charge in [-0.25, -0.2) is 0 Å². The van der Waals surface area contributed by atoms with E-state index in [9.17, 15) is 0 Å². The molecule has 16 heavy (non-hydrogen) atoms. The molecule has 0 aliphatic rings. The van der Waals surface area contributed by atoms with E-state index < -0.39 is 0 Å². The molecule has 1 aromatic carbocycles. The van der Waals surface area contributed by atoms with Crippen molar-refractivity contribution in [3.63, 3.8) is 0 Å². The van der Waals surface area contributed by atoms with E-state index in [0.717, 1.165) is 5.56 Å². The summed E-state index contributed by atoms with van der Waals surface area (Å²) in [6.45, 7) is 9.12. The topological polar surface area (TPSA) is 35.2 Å². The van der Waals surface area contributed by atoms with Crippen LogP contribution in [0.5, 0.6) is 0 Å². The van der Waals surface area contributed by atoms with Gasteiger partial charge in [-0.2, -0.15) is 0 Å². The van der Waals surface area contributed by atoms with Crippen LogP contribution >= 0.6 is 0 Å². The Morgan fingerprint density at radius 3 is 1.75 bits per heavy atom. The van der Waals surface area contributed by atoms with Crippen molar-refractivity contribution in [3.8, 4) is 0 Å². The van der Waals surface area contributed by atoms with Crippen LogP contribution in [0.2, 0.25) is 0 Å². The van der Waals surface area contributed by atoms with Crippen molar-refractivity contribution in [2.45, 2.75) is 38.7 Å². The van der Waals surface area contributed by atoms with E-state index >= 15 is 0 Å². The lowest BCUT2D eigenvalue weighted by Gasteiger charge is -2.28. The maximum Gasteiger partial charge on any atom is 0.102 e. The second-order valence-electron chi connectivity index (χ2n) is 5.47. The molecule has 0 aromatic heterocycles. The first-order valence-corrected chi connectivity index (χ1v) is 5.70. The van der Waals surface area contributed by atoms with Crippen LogP contribution in [-0.2, 0) is 15.8 Å². The maximum atomic E-state index is 5.75. The van der Waals surface area contributed by atoms with Crippen molar-refractivity contribution in [2.75, 3.05) is 13.7 Å². The molecule has 0 bridgehead atoms. The Morgan fingerprint density at radius 2 is 1.44 bits per heavy atom. The zero-order valence-electron chi connectivity index (χ0n) is 11.0. The van der Waals surface area contributed by atoms with Gasteiger partial charge in [-0.1, -0.05) is 45.0 Å². The number of hydrogen-bond donors (Lipinski definition) is 1. The van der Waals surface area contributed by atoms with Gasteiger partial charge < -0.3 is 10.5 Å². The summed E-state index contributed by atoms with van der Waals surface area (Å²) in [4.78, 5) is 0. The second-order valence-corrected chi connectivity index (χ2v) is 5.47. The molecular formula is C14H23NO. The maximum absolute atomic E-state index is 5.75. The molecule has 1 aromatic rings. The van der Waals surface area contributed by atoms with Crippen LogP contribution in [0.15, 0.2) is 24.3 Å². The molecule has 0 fully saturated rings. The van der Waals surface area contributed by atoms with Gasteiger partial charge in [0.05, 0.1) is 0 Å². The highest BCUT2D eigenvalue weighted by Crippen LogP contribution is 2.27. The molecule has 1 atom stereocenters. The molecule has 0 heterocycles. The average Bonchev–Trinajstić information content (AvgIpc) is 2.27. The van der Waals surface area contributed by atoms with Gasteiger partial charge in [0.2, 0.25) is 0 Å². The van der Waals surface area contributed by atoms with Gasteiger partial charge >= 0.3 is 0 Å². The normalized spacial score (nSPS) is 15.9. The quantitative estimate of drug-likeness (QED) is 0.852. The smallest absolute Gasteiger partial charge is 0.102 e. The van der Waals surface area contributed by atoms with Crippen LogP contribution in [-0.4, -0.2) is 13.7 Å². The third-order valence-electron chi connectivity index (χ3n) is 3.20. The van der Waals surface area contributed by atoms with Crippen molar-refractivity contribution in [1.82, 2.24) is 0 Å². The lowest BCUT2D eigenvalue weighted by Crippen LogP contribution is -2.33. The van der Waals surface area contributed by atoms with E-state index in [1.807, 2.05) is 6.92 Å². The van der Waals surface area contributed by atoms with Crippen molar-refractivity contribution < 1.29 is 4.74 Å². The zero-order valence-corrected chi connectivity index (χ0v) is 11.0. The molecule has 0 amide bonds. The first kappa shape index (κ1) is 13.2. The van der Waals surface area contributed by atoms with Crippen LogP contribution in [0.1, 0.15) is 38.8 Å². The third-order valence-corrected chi connectivity index (χ3v) is 3.20. The van der Waals surface area contributed by atoms with E-state index in [1.54, 1.807) is 7.11 Å². The van der Waals surface area contributed by atoms with Crippen molar-refractivity contribution in [1.29, 1.82) is 0 Å². The Kier molecular flexibility index (Phi) is 3.76. The highest BCUT2D eigenvalue weighted by molar-refractivity contribution is 5.30. The number of benzene rings is 1. The average molecular weight is 221 g/mol. The van der Waals surface area contributed by atoms with Crippen LogP contribution in [0.3, 0.4) is 0 Å². The van der Waals surface area contributed by atoms with Crippen molar-refractivity contribution >= 4 is 0 Å². The van der Waals surface area contributed by atoms with E-state index in [2.05, 4.69) is 45.0 Å². The summed E-state index contributed by atoms with van der Waals surface area (Å²) in [7, 11) is 1.70. The fourth-order valence-corrected chi connectivity index (χ4v) is 1.64. The summed E-state index contributed by atoms with van der Waals surface area (Å²) in [6.07, 6.45) is 0. The van der Waals surface area contributed by atoms with Gasteiger partial charge in [-0.15, -0.1) is 0 Å². The van der Waals surface area contributed by atoms with Gasteiger partial charge in [0.15, 0.2) is 0 Å². The molecule has 0 aliphatic heterocycles. The van der Waals surface area contributed by atoms with Crippen LogP contribution in [0.4, 0.5) is 0 Å². The molecule has 0 spiro atoms.